The van der Waals surface area contributed by atoms with Crippen molar-refractivity contribution in [1.82, 2.24) is 19.6 Å². The van der Waals surface area contributed by atoms with Crippen molar-refractivity contribution in [3.8, 4) is 0 Å². The summed E-state index contributed by atoms with van der Waals surface area (Å²) in [5.74, 6) is -1.02. The molecular weight excluding hydrogens is 390 g/mol. The summed E-state index contributed by atoms with van der Waals surface area (Å²) in [4.78, 5) is 9.55. The van der Waals surface area contributed by atoms with Crippen LogP contribution in [0.1, 0.15) is 29.9 Å². The number of rotatable bonds is 4. The summed E-state index contributed by atoms with van der Waals surface area (Å²) < 4.78 is 59.0. The van der Waals surface area contributed by atoms with Gasteiger partial charge >= 0.3 is 6.18 Å². The van der Waals surface area contributed by atoms with E-state index in [2.05, 4.69) is 15.1 Å². The van der Waals surface area contributed by atoms with Crippen LogP contribution in [0.2, 0.25) is 0 Å². The monoisotopic (exact) mass is 409 g/mol. The maximum atomic E-state index is 13.0. The van der Waals surface area contributed by atoms with Gasteiger partial charge in [-0.1, -0.05) is 12.1 Å². The number of aryl methyl sites for hydroxylation is 1. The minimum atomic E-state index is -4.62. The first-order chi connectivity index (χ1) is 13.8. The summed E-state index contributed by atoms with van der Waals surface area (Å²) in [6.07, 6.45) is -3.17. The average molecular weight is 409 g/mol. The average Bonchev–Trinajstić information content (AvgIpc) is 3.12. The first-order valence-electron chi connectivity index (χ1n) is 9.22. The van der Waals surface area contributed by atoms with E-state index < -0.39 is 12.0 Å². The van der Waals surface area contributed by atoms with E-state index in [1.165, 1.54) is 12.1 Å². The van der Waals surface area contributed by atoms with Crippen LogP contribution >= 0.6 is 0 Å². The molecule has 0 saturated carbocycles. The number of fused-ring (bicyclic) bond motifs is 1. The largest absolute Gasteiger partial charge is 0.453 e. The molecule has 0 unspecified atom stereocenters. The highest BCUT2D eigenvalue weighted by Gasteiger charge is 2.37. The Balaban J connectivity index is 1.44. The Bertz CT molecular complexity index is 994. The number of nitrogens with zero attached hydrogens (tertiary/aromatic N) is 5. The van der Waals surface area contributed by atoms with Crippen LogP contribution in [0, 0.1) is 12.7 Å². The second kappa shape index (κ2) is 7.58. The van der Waals surface area contributed by atoms with Gasteiger partial charge in [-0.15, -0.1) is 5.10 Å². The Kier molecular flexibility index (Phi) is 5.12. The second-order valence-electron chi connectivity index (χ2n) is 7.02. The molecule has 0 spiro atoms. The van der Waals surface area contributed by atoms with Crippen LogP contribution < -0.4 is 4.90 Å². The fraction of sp³-hybridized carbons (Fsp3) is 0.421. The Hall–Kier alpha value is -2.75. The fourth-order valence-corrected chi connectivity index (χ4v) is 3.36. The van der Waals surface area contributed by atoms with Gasteiger partial charge in [0.1, 0.15) is 11.6 Å². The zero-order valence-electron chi connectivity index (χ0n) is 15.7. The van der Waals surface area contributed by atoms with Gasteiger partial charge in [0.25, 0.3) is 11.6 Å². The summed E-state index contributed by atoms with van der Waals surface area (Å²) in [6, 6.07) is 7.87. The Morgan fingerprint density at radius 1 is 1.10 bits per heavy atom. The van der Waals surface area contributed by atoms with Gasteiger partial charge in [0.2, 0.25) is 0 Å². The van der Waals surface area contributed by atoms with Gasteiger partial charge in [-0.3, -0.25) is 0 Å². The predicted octanol–water partition coefficient (Wildman–Crippen LogP) is 3.78. The lowest BCUT2D eigenvalue weighted by molar-refractivity contribution is -0.144. The third kappa shape index (κ3) is 4.31. The summed E-state index contributed by atoms with van der Waals surface area (Å²) in [7, 11) is 0. The molecule has 3 aromatic rings. The molecule has 6 nitrogen and oxygen atoms in total. The smallest absolute Gasteiger partial charge is 0.373 e. The van der Waals surface area contributed by atoms with E-state index in [1.807, 2.05) is 4.90 Å². The Labute approximate surface area is 164 Å². The molecule has 3 heterocycles. The van der Waals surface area contributed by atoms with E-state index in [0.717, 1.165) is 10.1 Å². The lowest BCUT2D eigenvalue weighted by atomic mass is 10.1. The van der Waals surface area contributed by atoms with Gasteiger partial charge in [-0.25, -0.2) is 9.37 Å². The van der Waals surface area contributed by atoms with Crippen molar-refractivity contribution in [1.29, 1.82) is 0 Å². The third-order valence-corrected chi connectivity index (χ3v) is 4.84. The molecule has 1 fully saturated rings. The summed E-state index contributed by atoms with van der Waals surface area (Å²) in [5.41, 5.74) is 1.46. The molecule has 0 bridgehead atoms. The maximum absolute atomic E-state index is 13.0. The second-order valence-corrected chi connectivity index (χ2v) is 7.02. The number of halogens is 4. The van der Waals surface area contributed by atoms with Crippen molar-refractivity contribution in [2.45, 2.75) is 38.7 Å². The van der Waals surface area contributed by atoms with Gasteiger partial charge in [-0.2, -0.15) is 22.7 Å². The van der Waals surface area contributed by atoms with Gasteiger partial charge < -0.3 is 9.64 Å². The zero-order chi connectivity index (χ0) is 20.6. The minimum absolute atomic E-state index is 0.0243. The molecule has 10 heteroatoms. The van der Waals surface area contributed by atoms with E-state index >= 15 is 0 Å². The highest BCUT2D eigenvalue weighted by molar-refractivity contribution is 5.48. The lowest BCUT2D eigenvalue weighted by Crippen LogP contribution is -2.38. The van der Waals surface area contributed by atoms with Crippen LogP contribution in [0.4, 0.5) is 23.4 Å². The fourth-order valence-electron chi connectivity index (χ4n) is 3.36. The van der Waals surface area contributed by atoms with Crippen molar-refractivity contribution in [2.24, 2.45) is 0 Å². The molecule has 29 heavy (non-hydrogen) atoms. The quantitative estimate of drug-likeness (QED) is 0.614. The molecule has 2 aromatic heterocycles. The van der Waals surface area contributed by atoms with Crippen LogP contribution in [0.3, 0.4) is 0 Å². The molecule has 1 aliphatic rings. The molecule has 4 rings (SSSR count). The van der Waals surface area contributed by atoms with Gasteiger partial charge in [0.05, 0.1) is 12.7 Å². The molecule has 0 N–H and O–H groups in total. The normalized spacial score (nSPS) is 16.0. The molecular formula is C19H19F4N5O. The SMILES string of the molecule is Cc1cc(N2CCC(OCc3ccc(F)cc3)CC2)n2nc(C(F)(F)F)nc2n1. The highest BCUT2D eigenvalue weighted by Crippen LogP contribution is 2.28. The van der Waals surface area contributed by atoms with Crippen molar-refractivity contribution >= 4 is 11.6 Å². The maximum Gasteiger partial charge on any atom is 0.453 e. The number of piperidine rings is 1. The number of hydrogen-bond donors (Lipinski definition) is 0. The predicted molar refractivity (Wildman–Crippen MR) is 96.9 cm³/mol. The number of anilines is 1. The van der Waals surface area contributed by atoms with E-state index in [4.69, 9.17) is 4.74 Å². The van der Waals surface area contributed by atoms with Crippen molar-refractivity contribution in [2.75, 3.05) is 18.0 Å². The van der Waals surface area contributed by atoms with Gasteiger partial charge in [-0.05, 0) is 37.5 Å². The third-order valence-electron chi connectivity index (χ3n) is 4.84. The molecule has 0 aliphatic carbocycles. The standard InChI is InChI=1S/C19H19F4N5O/c1-12-10-16(28-18(24-12)25-17(26-28)19(21,22)23)27-8-6-15(7-9-27)29-11-13-2-4-14(20)5-3-13/h2-5,10,15H,6-9,11H2,1H3. The first kappa shape index (κ1) is 19.6. The van der Waals surface area contributed by atoms with Crippen molar-refractivity contribution in [3.05, 3.63) is 53.2 Å². The number of benzene rings is 1. The van der Waals surface area contributed by atoms with E-state index in [0.29, 0.717) is 44.0 Å². The Morgan fingerprint density at radius 2 is 1.79 bits per heavy atom. The molecule has 154 valence electrons. The van der Waals surface area contributed by atoms with E-state index in [-0.39, 0.29) is 17.7 Å². The Morgan fingerprint density at radius 3 is 2.45 bits per heavy atom. The number of aromatic nitrogens is 4. The highest BCUT2D eigenvalue weighted by atomic mass is 19.4. The number of hydrogen-bond acceptors (Lipinski definition) is 5. The zero-order valence-corrected chi connectivity index (χ0v) is 15.7. The molecule has 1 aliphatic heterocycles. The molecule has 1 saturated heterocycles. The summed E-state index contributed by atoms with van der Waals surface area (Å²) in [6.45, 7) is 3.31. The lowest BCUT2D eigenvalue weighted by Gasteiger charge is -2.33. The van der Waals surface area contributed by atoms with Crippen LogP contribution in [0.25, 0.3) is 5.78 Å². The topological polar surface area (TPSA) is 55.6 Å². The number of alkyl halides is 3. The van der Waals surface area contributed by atoms with E-state index in [1.54, 1.807) is 25.1 Å². The van der Waals surface area contributed by atoms with Gasteiger partial charge in [0.15, 0.2) is 0 Å². The summed E-state index contributed by atoms with van der Waals surface area (Å²) >= 11 is 0. The van der Waals surface area contributed by atoms with Crippen LogP contribution in [-0.2, 0) is 17.5 Å². The number of ether oxygens (including phenoxy) is 1. The molecule has 1 aromatic carbocycles. The minimum Gasteiger partial charge on any atom is -0.373 e. The van der Waals surface area contributed by atoms with E-state index in [9.17, 15) is 17.6 Å². The van der Waals surface area contributed by atoms with Crippen molar-refractivity contribution < 1.29 is 22.3 Å². The van der Waals surface area contributed by atoms with Gasteiger partial charge in [0, 0.05) is 24.8 Å². The summed E-state index contributed by atoms with van der Waals surface area (Å²) in [5, 5.41) is 3.62. The molecule has 0 amide bonds. The van der Waals surface area contributed by atoms with Crippen molar-refractivity contribution in [3.63, 3.8) is 0 Å². The first-order valence-corrected chi connectivity index (χ1v) is 9.22. The molecule has 0 atom stereocenters. The van der Waals surface area contributed by atoms with Crippen LogP contribution in [0.15, 0.2) is 30.3 Å². The molecule has 0 radical (unpaired) electrons. The van der Waals surface area contributed by atoms with Crippen LogP contribution in [0.5, 0.6) is 0 Å². The van der Waals surface area contributed by atoms with Crippen LogP contribution in [-0.4, -0.2) is 38.8 Å².